The van der Waals surface area contributed by atoms with Crippen molar-refractivity contribution in [3.63, 3.8) is 0 Å². The smallest absolute Gasteiger partial charge is 0.186 e. The fraction of sp³-hybridized carbons (Fsp3) is 0.462. The number of aromatic hydroxyl groups is 1. The first-order valence-corrected chi connectivity index (χ1v) is 5.79. The molecule has 1 rings (SSSR count). The van der Waals surface area contributed by atoms with Crippen molar-refractivity contribution in [1.29, 1.82) is 0 Å². The fourth-order valence-electron chi connectivity index (χ4n) is 1.59. The van der Waals surface area contributed by atoms with Crippen LogP contribution >= 0.6 is 12.6 Å². The van der Waals surface area contributed by atoms with Crippen molar-refractivity contribution in [3.8, 4) is 5.75 Å². The Morgan fingerprint density at radius 3 is 2.50 bits per heavy atom. The number of phenolic OH excluding ortho intramolecular Hbond substituents is 1. The summed E-state index contributed by atoms with van der Waals surface area (Å²) in [6.07, 6.45) is 1.10. The molecule has 0 aliphatic carbocycles. The van der Waals surface area contributed by atoms with Crippen molar-refractivity contribution in [1.82, 2.24) is 0 Å². The third-order valence-electron chi connectivity index (χ3n) is 2.50. The lowest BCUT2D eigenvalue weighted by molar-refractivity contribution is -0.110. The van der Waals surface area contributed by atoms with Gasteiger partial charge in [0.1, 0.15) is 5.75 Å². The second kappa shape index (κ2) is 4.91. The van der Waals surface area contributed by atoms with Gasteiger partial charge in [0.05, 0.1) is 0 Å². The summed E-state index contributed by atoms with van der Waals surface area (Å²) in [6.45, 7) is 6.15. The number of carbonyl (C=O) groups excluding carboxylic acids is 1. The van der Waals surface area contributed by atoms with E-state index in [2.05, 4.69) is 33.4 Å². The number of rotatable bonds is 3. The Balaban J connectivity index is 2.94. The first kappa shape index (κ1) is 13.1. The molecule has 0 aliphatic rings. The SMILES string of the molecule is CC(C)(C)c1cc(CCC(=O)S)ccc1O. The van der Waals surface area contributed by atoms with Gasteiger partial charge in [-0.05, 0) is 29.0 Å². The minimum atomic E-state index is -0.106. The van der Waals surface area contributed by atoms with Gasteiger partial charge in [-0.1, -0.05) is 32.9 Å². The molecule has 1 N–H and O–H groups in total. The average Bonchev–Trinajstić information content (AvgIpc) is 2.14. The zero-order valence-electron chi connectivity index (χ0n) is 9.95. The second-order valence-electron chi connectivity index (χ2n) is 5.00. The average molecular weight is 238 g/mol. The molecule has 0 radical (unpaired) electrons. The zero-order chi connectivity index (χ0) is 12.3. The van der Waals surface area contributed by atoms with E-state index >= 15 is 0 Å². The van der Waals surface area contributed by atoms with Gasteiger partial charge in [-0.3, -0.25) is 4.79 Å². The van der Waals surface area contributed by atoms with Crippen molar-refractivity contribution >= 4 is 17.7 Å². The van der Waals surface area contributed by atoms with Gasteiger partial charge in [-0.2, -0.15) is 0 Å². The summed E-state index contributed by atoms with van der Waals surface area (Å²) in [5, 5.41) is 9.66. The molecule has 0 saturated carbocycles. The zero-order valence-corrected chi connectivity index (χ0v) is 10.8. The lowest BCUT2D eigenvalue weighted by Gasteiger charge is -2.21. The largest absolute Gasteiger partial charge is 0.508 e. The van der Waals surface area contributed by atoms with Crippen LogP contribution in [0.3, 0.4) is 0 Å². The van der Waals surface area contributed by atoms with E-state index in [4.69, 9.17) is 0 Å². The summed E-state index contributed by atoms with van der Waals surface area (Å²) in [5.74, 6) is 0.313. The summed E-state index contributed by atoms with van der Waals surface area (Å²) in [5.41, 5.74) is 1.88. The summed E-state index contributed by atoms with van der Waals surface area (Å²) >= 11 is 3.74. The molecular formula is C13H18O2S. The summed E-state index contributed by atoms with van der Waals surface area (Å²) in [4.78, 5) is 10.8. The molecule has 0 fully saturated rings. The summed E-state index contributed by atoms with van der Waals surface area (Å²) < 4.78 is 0. The number of hydrogen-bond acceptors (Lipinski definition) is 2. The van der Waals surface area contributed by atoms with Crippen molar-refractivity contribution < 1.29 is 9.90 Å². The molecule has 0 spiro atoms. The number of benzene rings is 1. The van der Waals surface area contributed by atoms with Crippen LogP contribution in [-0.2, 0) is 16.6 Å². The lowest BCUT2D eigenvalue weighted by Crippen LogP contribution is -2.11. The highest BCUT2D eigenvalue weighted by molar-refractivity contribution is 7.96. The molecule has 0 heterocycles. The van der Waals surface area contributed by atoms with Crippen LogP contribution in [0.2, 0.25) is 0 Å². The van der Waals surface area contributed by atoms with E-state index in [9.17, 15) is 9.90 Å². The van der Waals surface area contributed by atoms with Crippen LogP contribution in [0.25, 0.3) is 0 Å². The lowest BCUT2D eigenvalue weighted by atomic mass is 9.85. The quantitative estimate of drug-likeness (QED) is 0.794. The van der Waals surface area contributed by atoms with Crippen LogP contribution < -0.4 is 0 Å². The molecule has 0 amide bonds. The van der Waals surface area contributed by atoms with Gasteiger partial charge < -0.3 is 5.11 Å². The highest BCUT2D eigenvalue weighted by Crippen LogP contribution is 2.31. The van der Waals surface area contributed by atoms with Gasteiger partial charge in [0, 0.05) is 6.42 Å². The molecule has 2 nitrogen and oxygen atoms in total. The molecule has 0 unspecified atom stereocenters. The van der Waals surface area contributed by atoms with Gasteiger partial charge in [-0.15, -0.1) is 12.6 Å². The van der Waals surface area contributed by atoms with E-state index in [1.165, 1.54) is 0 Å². The monoisotopic (exact) mass is 238 g/mol. The maximum absolute atomic E-state index is 10.8. The Labute approximate surface area is 102 Å². The van der Waals surface area contributed by atoms with Gasteiger partial charge in [0.2, 0.25) is 0 Å². The molecule has 1 aromatic carbocycles. The minimum Gasteiger partial charge on any atom is -0.508 e. The van der Waals surface area contributed by atoms with Gasteiger partial charge >= 0.3 is 0 Å². The van der Waals surface area contributed by atoms with Crippen molar-refractivity contribution in [3.05, 3.63) is 29.3 Å². The first-order valence-electron chi connectivity index (χ1n) is 5.35. The summed E-state index contributed by atoms with van der Waals surface area (Å²) in [7, 11) is 0. The van der Waals surface area contributed by atoms with Gasteiger partial charge in [-0.25, -0.2) is 0 Å². The number of carbonyl (C=O) groups is 1. The van der Waals surface area contributed by atoms with Gasteiger partial charge in [0.25, 0.3) is 0 Å². The molecule has 1 aromatic rings. The molecule has 88 valence electrons. The Morgan fingerprint density at radius 2 is 2.00 bits per heavy atom. The third-order valence-corrected chi connectivity index (χ3v) is 2.72. The van der Waals surface area contributed by atoms with Crippen molar-refractivity contribution in [2.45, 2.75) is 39.0 Å². The Morgan fingerprint density at radius 1 is 1.38 bits per heavy atom. The number of phenols is 1. The van der Waals surface area contributed by atoms with E-state index in [0.717, 1.165) is 11.1 Å². The maximum Gasteiger partial charge on any atom is 0.186 e. The Hall–Kier alpha value is -0.960. The fourth-order valence-corrected chi connectivity index (χ4v) is 1.70. The Kier molecular flexibility index (Phi) is 4.03. The number of thiol groups is 1. The molecule has 0 atom stereocenters. The molecule has 3 heteroatoms. The molecule has 0 saturated heterocycles. The predicted molar refractivity (Wildman–Crippen MR) is 69.1 cm³/mol. The van der Waals surface area contributed by atoms with Crippen LogP contribution in [0, 0.1) is 0 Å². The van der Waals surface area contributed by atoms with E-state index in [-0.39, 0.29) is 10.5 Å². The molecule has 0 aromatic heterocycles. The minimum absolute atomic E-state index is 0.0922. The predicted octanol–water partition coefficient (Wildman–Crippen LogP) is 3.08. The molecule has 0 aliphatic heterocycles. The van der Waals surface area contributed by atoms with Crippen LogP contribution in [0.15, 0.2) is 18.2 Å². The van der Waals surface area contributed by atoms with Crippen molar-refractivity contribution in [2.75, 3.05) is 0 Å². The Bertz CT molecular complexity index is 391. The van der Waals surface area contributed by atoms with E-state index < -0.39 is 0 Å². The molecular weight excluding hydrogens is 220 g/mol. The standard InChI is InChI=1S/C13H18O2S/c1-13(2,3)10-8-9(4-6-11(10)14)5-7-12(15)16/h4,6,8,14H,5,7H2,1-3H3,(H,15,16). The normalized spacial score (nSPS) is 11.5. The number of aryl methyl sites for hydroxylation is 1. The summed E-state index contributed by atoms with van der Waals surface area (Å²) in [6, 6.07) is 5.51. The van der Waals surface area contributed by atoms with Crippen LogP contribution in [0.1, 0.15) is 38.3 Å². The third kappa shape index (κ3) is 3.56. The topological polar surface area (TPSA) is 37.3 Å². The highest BCUT2D eigenvalue weighted by Gasteiger charge is 2.18. The van der Waals surface area contributed by atoms with Gasteiger partial charge in [0.15, 0.2) is 5.12 Å². The molecule has 16 heavy (non-hydrogen) atoms. The molecule has 0 bridgehead atoms. The van der Waals surface area contributed by atoms with Crippen LogP contribution in [-0.4, -0.2) is 10.2 Å². The van der Waals surface area contributed by atoms with Crippen molar-refractivity contribution in [2.24, 2.45) is 0 Å². The van der Waals surface area contributed by atoms with E-state index in [1.807, 2.05) is 12.1 Å². The van der Waals surface area contributed by atoms with Crippen LogP contribution in [0.5, 0.6) is 5.75 Å². The second-order valence-corrected chi connectivity index (χ2v) is 5.49. The highest BCUT2D eigenvalue weighted by atomic mass is 32.1. The van der Waals surface area contributed by atoms with E-state index in [1.54, 1.807) is 6.07 Å². The van der Waals surface area contributed by atoms with E-state index in [0.29, 0.717) is 18.6 Å². The number of hydrogen-bond donors (Lipinski definition) is 2. The first-order chi connectivity index (χ1) is 7.30. The van der Waals surface area contributed by atoms with Crippen LogP contribution in [0.4, 0.5) is 0 Å². The maximum atomic E-state index is 10.8.